The van der Waals surface area contributed by atoms with E-state index < -0.39 is 0 Å². The number of hydrogen-bond donors (Lipinski definition) is 2. The second-order valence-corrected chi connectivity index (χ2v) is 7.35. The number of nitrogens with zero attached hydrogens (tertiary/aromatic N) is 1. The van der Waals surface area contributed by atoms with Crippen LogP contribution in [0.2, 0.25) is 0 Å². The first-order chi connectivity index (χ1) is 10.2. The van der Waals surface area contributed by atoms with Crippen LogP contribution in [-0.2, 0) is 4.74 Å². The third-order valence-corrected chi connectivity index (χ3v) is 5.35. The smallest absolute Gasteiger partial charge is 0.191 e. The Bertz CT molecular complexity index is 304. The van der Waals surface area contributed by atoms with E-state index in [1.807, 2.05) is 11.8 Å². The number of guanidine groups is 1. The van der Waals surface area contributed by atoms with E-state index in [4.69, 9.17) is 9.73 Å². The second kappa shape index (κ2) is 10.3. The van der Waals surface area contributed by atoms with E-state index in [2.05, 4.69) is 30.7 Å². The number of nitrogens with one attached hydrogen (secondary N) is 2. The Labute approximate surface area is 134 Å². The molecule has 1 unspecified atom stereocenters. The van der Waals surface area contributed by atoms with Crippen molar-refractivity contribution in [2.75, 3.05) is 39.6 Å². The number of thioether (sulfide) groups is 1. The molecule has 5 heteroatoms. The van der Waals surface area contributed by atoms with Crippen molar-refractivity contribution in [2.45, 2.75) is 51.2 Å². The summed E-state index contributed by atoms with van der Waals surface area (Å²) in [5, 5.41) is 7.41. The van der Waals surface area contributed by atoms with Gasteiger partial charge in [0.15, 0.2) is 5.96 Å². The molecule has 0 aromatic rings. The molecule has 0 aliphatic heterocycles. The van der Waals surface area contributed by atoms with Gasteiger partial charge in [-0.1, -0.05) is 19.8 Å². The van der Waals surface area contributed by atoms with Crippen molar-refractivity contribution < 1.29 is 4.74 Å². The lowest BCUT2D eigenvalue weighted by atomic mass is 9.83. The Kier molecular flexibility index (Phi) is 9.16. The van der Waals surface area contributed by atoms with Gasteiger partial charge in [0.2, 0.25) is 0 Å². The number of ether oxygens (including phenoxy) is 1. The van der Waals surface area contributed by atoms with Gasteiger partial charge in [0.1, 0.15) is 0 Å². The summed E-state index contributed by atoms with van der Waals surface area (Å²) in [4.78, 5) is 4.86. The molecule has 0 heterocycles. The zero-order valence-electron chi connectivity index (χ0n) is 14.2. The predicted octanol–water partition coefficient (Wildman–Crippen LogP) is 2.89. The van der Waals surface area contributed by atoms with Crippen LogP contribution in [0.4, 0.5) is 0 Å². The fourth-order valence-electron chi connectivity index (χ4n) is 2.84. The largest absolute Gasteiger partial charge is 0.385 e. The third kappa shape index (κ3) is 6.92. The van der Waals surface area contributed by atoms with Gasteiger partial charge in [0.05, 0.1) is 0 Å². The van der Waals surface area contributed by atoms with Gasteiger partial charge in [-0.3, -0.25) is 4.99 Å². The molecule has 0 saturated heterocycles. The summed E-state index contributed by atoms with van der Waals surface area (Å²) < 4.78 is 5.29. The van der Waals surface area contributed by atoms with E-state index in [1.54, 1.807) is 7.11 Å². The predicted molar refractivity (Wildman–Crippen MR) is 94.4 cm³/mol. The molecule has 1 atom stereocenters. The molecule has 1 saturated carbocycles. The van der Waals surface area contributed by atoms with E-state index in [0.29, 0.717) is 10.7 Å². The van der Waals surface area contributed by atoms with Gasteiger partial charge >= 0.3 is 0 Å². The third-order valence-electron chi connectivity index (χ3n) is 4.38. The second-order valence-electron chi connectivity index (χ2n) is 6.07. The normalized spacial score (nSPS) is 19.5. The maximum absolute atomic E-state index is 5.29. The van der Waals surface area contributed by atoms with Gasteiger partial charge in [0.25, 0.3) is 0 Å². The van der Waals surface area contributed by atoms with Gasteiger partial charge in [0, 0.05) is 38.6 Å². The molecule has 0 bridgehead atoms. The van der Waals surface area contributed by atoms with E-state index in [0.717, 1.165) is 38.6 Å². The fraction of sp³-hybridized carbons (Fsp3) is 0.938. The zero-order chi connectivity index (χ0) is 15.6. The fourth-order valence-corrected chi connectivity index (χ4v) is 3.09. The van der Waals surface area contributed by atoms with Gasteiger partial charge in [-0.2, -0.15) is 11.8 Å². The molecule has 21 heavy (non-hydrogen) atoms. The van der Waals surface area contributed by atoms with Crippen LogP contribution in [0.3, 0.4) is 0 Å². The maximum Gasteiger partial charge on any atom is 0.191 e. The zero-order valence-corrected chi connectivity index (χ0v) is 15.0. The minimum Gasteiger partial charge on any atom is -0.385 e. The first kappa shape index (κ1) is 18.6. The molecule has 1 rings (SSSR count). The van der Waals surface area contributed by atoms with Crippen LogP contribution in [0.1, 0.15) is 46.0 Å². The van der Waals surface area contributed by atoms with Crippen LogP contribution in [0.15, 0.2) is 4.99 Å². The molecule has 0 aromatic carbocycles. The number of rotatable bonds is 9. The quantitative estimate of drug-likeness (QED) is 0.507. The van der Waals surface area contributed by atoms with Crippen molar-refractivity contribution in [2.24, 2.45) is 10.4 Å². The SMILES string of the molecule is CCNC(=NCC1(CCOC)CCCC1)NCC(C)SC. The highest BCUT2D eigenvalue weighted by Gasteiger charge is 2.33. The monoisotopic (exact) mass is 315 g/mol. The molecule has 0 radical (unpaired) electrons. The average molecular weight is 316 g/mol. The van der Waals surface area contributed by atoms with Crippen LogP contribution in [0, 0.1) is 5.41 Å². The van der Waals surface area contributed by atoms with E-state index in [9.17, 15) is 0 Å². The van der Waals surface area contributed by atoms with Crippen molar-refractivity contribution in [3.05, 3.63) is 0 Å². The van der Waals surface area contributed by atoms with E-state index in [-0.39, 0.29) is 0 Å². The first-order valence-corrected chi connectivity index (χ1v) is 9.48. The Morgan fingerprint density at radius 3 is 2.62 bits per heavy atom. The summed E-state index contributed by atoms with van der Waals surface area (Å²) >= 11 is 1.88. The van der Waals surface area contributed by atoms with Crippen LogP contribution >= 0.6 is 11.8 Å². The molecule has 1 aliphatic carbocycles. The van der Waals surface area contributed by atoms with Crippen molar-refractivity contribution >= 4 is 17.7 Å². The lowest BCUT2D eigenvalue weighted by molar-refractivity contribution is 0.141. The molecule has 124 valence electrons. The van der Waals surface area contributed by atoms with Gasteiger partial charge in [-0.05, 0) is 37.9 Å². The molecule has 4 nitrogen and oxygen atoms in total. The van der Waals surface area contributed by atoms with Gasteiger partial charge in [-0.15, -0.1) is 0 Å². The van der Waals surface area contributed by atoms with Crippen LogP contribution in [-0.4, -0.2) is 50.8 Å². The van der Waals surface area contributed by atoms with Crippen LogP contribution in [0.5, 0.6) is 0 Å². The van der Waals surface area contributed by atoms with Crippen molar-refractivity contribution in [3.8, 4) is 0 Å². The average Bonchev–Trinajstić information content (AvgIpc) is 2.97. The van der Waals surface area contributed by atoms with Gasteiger partial charge in [-0.25, -0.2) is 0 Å². The van der Waals surface area contributed by atoms with E-state index >= 15 is 0 Å². The van der Waals surface area contributed by atoms with Crippen molar-refractivity contribution in [1.29, 1.82) is 0 Å². The minimum atomic E-state index is 0.365. The topological polar surface area (TPSA) is 45.7 Å². The molecule has 1 fully saturated rings. The van der Waals surface area contributed by atoms with Crippen LogP contribution in [0.25, 0.3) is 0 Å². The Morgan fingerprint density at radius 2 is 2.05 bits per heavy atom. The molecule has 1 aliphatic rings. The molecule has 0 spiro atoms. The van der Waals surface area contributed by atoms with Crippen LogP contribution < -0.4 is 10.6 Å². The highest BCUT2D eigenvalue weighted by atomic mass is 32.2. The molecule has 0 aromatic heterocycles. The summed E-state index contributed by atoms with van der Waals surface area (Å²) in [5.74, 6) is 0.960. The highest BCUT2D eigenvalue weighted by Crippen LogP contribution is 2.41. The number of hydrogen-bond acceptors (Lipinski definition) is 3. The van der Waals surface area contributed by atoms with Crippen molar-refractivity contribution in [3.63, 3.8) is 0 Å². The molecule has 2 N–H and O–H groups in total. The summed E-state index contributed by atoms with van der Waals surface area (Å²) in [6.07, 6.45) is 8.54. The van der Waals surface area contributed by atoms with Crippen molar-refractivity contribution in [1.82, 2.24) is 10.6 Å². The Balaban J connectivity index is 2.56. The summed E-state index contributed by atoms with van der Waals surface area (Å²) in [6.45, 7) is 7.98. The Hall–Kier alpha value is -0.420. The Morgan fingerprint density at radius 1 is 1.33 bits per heavy atom. The number of aliphatic imine (C=N–C) groups is 1. The summed E-state index contributed by atoms with van der Waals surface area (Å²) in [7, 11) is 1.79. The molecular formula is C16H33N3OS. The maximum atomic E-state index is 5.29. The minimum absolute atomic E-state index is 0.365. The molecule has 0 amide bonds. The first-order valence-electron chi connectivity index (χ1n) is 8.19. The summed E-state index contributed by atoms with van der Waals surface area (Å²) in [6, 6.07) is 0. The highest BCUT2D eigenvalue weighted by molar-refractivity contribution is 7.99. The molecular weight excluding hydrogens is 282 g/mol. The number of methoxy groups -OCH3 is 1. The lowest BCUT2D eigenvalue weighted by Crippen LogP contribution is -2.41. The lowest BCUT2D eigenvalue weighted by Gasteiger charge is -2.27. The van der Waals surface area contributed by atoms with Gasteiger partial charge < -0.3 is 15.4 Å². The van der Waals surface area contributed by atoms with E-state index in [1.165, 1.54) is 25.7 Å². The standard InChI is InChI=1S/C16H33N3OS/c1-5-17-15(18-12-14(2)21-4)19-13-16(10-11-20-3)8-6-7-9-16/h14H,5-13H2,1-4H3,(H2,17,18,19). The summed E-state index contributed by atoms with van der Waals surface area (Å²) in [5.41, 5.74) is 0.365.